The largest absolute Gasteiger partial charge is 0.494 e. The lowest BCUT2D eigenvalue weighted by molar-refractivity contribution is 0.283. The Morgan fingerprint density at radius 3 is 2.41 bits per heavy atom. The number of rotatable bonds is 3. The molecule has 3 rings (SSSR count). The Kier molecular flexibility index (Phi) is 5.09. The molecule has 2 atom stereocenters. The lowest BCUT2D eigenvalue weighted by Gasteiger charge is -2.27. The van der Waals surface area contributed by atoms with Crippen molar-refractivity contribution in [2.75, 3.05) is 21.2 Å². The Labute approximate surface area is 137 Å². The highest BCUT2D eigenvalue weighted by Gasteiger charge is 2.35. The molecule has 0 heterocycles. The van der Waals surface area contributed by atoms with E-state index in [0.29, 0.717) is 11.8 Å². The average Bonchev–Trinajstić information content (AvgIpc) is 2.85. The summed E-state index contributed by atoms with van der Waals surface area (Å²) in [7, 11) is 5.68. The molecule has 1 aliphatic carbocycles. The first-order chi connectivity index (χ1) is 10.1. The van der Waals surface area contributed by atoms with Gasteiger partial charge in [-0.15, -0.1) is 12.4 Å². The van der Waals surface area contributed by atoms with Gasteiger partial charge in [-0.25, -0.2) is 4.39 Å². The zero-order valence-electron chi connectivity index (χ0n) is 13.0. The molecule has 0 N–H and O–H groups in total. The second-order valence-corrected chi connectivity index (χ2v) is 5.81. The van der Waals surface area contributed by atoms with E-state index in [1.54, 1.807) is 6.07 Å². The summed E-state index contributed by atoms with van der Waals surface area (Å²) in [4.78, 5) is 2.22. The van der Waals surface area contributed by atoms with Crippen LogP contribution in [-0.4, -0.2) is 32.1 Å². The van der Waals surface area contributed by atoms with Crippen molar-refractivity contribution in [1.29, 1.82) is 0 Å². The van der Waals surface area contributed by atoms with Gasteiger partial charge < -0.3 is 9.64 Å². The van der Waals surface area contributed by atoms with Crippen LogP contribution < -0.4 is 4.74 Å². The van der Waals surface area contributed by atoms with E-state index in [1.165, 1.54) is 18.2 Å². The maximum atomic E-state index is 14.1. The van der Waals surface area contributed by atoms with Gasteiger partial charge in [-0.1, -0.05) is 30.3 Å². The van der Waals surface area contributed by atoms with E-state index in [2.05, 4.69) is 31.1 Å². The molecule has 0 saturated heterocycles. The third-order valence-electron chi connectivity index (χ3n) is 4.38. The van der Waals surface area contributed by atoms with Crippen LogP contribution >= 0.6 is 12.4 Å². The quantitative estimate of drug-likeness (QED) is 0.851. The van der Waals surface area contributed by atoms with Gasteiger partial charge in [-0.05, 0) is 49.3 Å². The predicted octanol–water partition coefficient (Wildman–Crippen LogP) is 3.87. The Morgan fingerprint density at radius 2 is 1.82 bits per heavy atom. The maximum Gasteiger partial charge on any atom is 0.165 e. The summed E-state index contributed by atoms with van der Waals surface area (Å²) in [6.07, 6.45) is 0.915. The molecule has 118 valence electrons. The van der Waals surface area contributed by atoms with E-state index in [4.69, 9.17) is 4.74 Å². The van der Waals surface area contributed by atoms with E-state index in [9.17, 15) is 4.39 Å². The second-order valence-electron chi connectivity index (χ2n) is 5.81. The highest BCUT2D eigenvalue weighted by molar-refractivity contribution is 5.85. The summed E-state index contributed by atoms with van der Waals surface area (Å²) in [5.74, 6) is 0.258. The van der Waals surface area contributed by atoms with Crippen LogP contribution in [0.4, 0.5) is 4.39 Å². The number of likely N-dealkylation sites (N-methyl/N-ethyl adjacent to an activating group) is 1. The highest BCUT2D eigenvalue weighted by Crippen LogP contribution is 2.42. The molecule has 2 aromatic rings. The summed E-state index contributed by atoms with van der Waals surface area (Å²) >= 11 is 0. The average molecular weight is 322 g/mol. The van der Waals surface area contributed by atoms with Crippen molar-refractivity contribution in [3.8, 4) is 5.75 Å². The van der Waals surface area contributed by atoms with Gasteiger partial charge in [-0.3, -0.25) is 0 Å². The fourth-order valence-electron chi connectivity index (χ4n) is 3.33. The van der Waals surface area contributed by atoms with E-state index in [0.717, 1.165) is 12.0 Å². The van der Waals surface area contributed by atoms with E-state index >= 15 is 0 Å². The topological polar surface area (TPSA) is 12.5 Å². The predicted molar refractivity (Wildman–Crippen MR) is 89.7 cm³/mol. The maximum absolute atomic E-state index is 14.1. The van der Waals surface area contributed by atoms with Crippen LogP contribution in [0.15, 0.2) is 42.5 Å². The molecule has 2 nitrogen and oxygen atoms in total. The van der Waals surface area contributed by atoms with Gasteiger partial charge in [0.05, 0.1) is 7.11 Å². The molecule has 0 unspecified atom stereocenters. The van der Waals surface area contributed by atoms with Gasteiger partial charge in [0.1, 0.15) is 0 Å². The number of hydrogen-bond donors (Lipinski definition) is 0. The van der Waals surface area contributed by atoms with Crippen molar-refractivity contribution in [3.63, 3.8) is 0 Å². The first kappa shape index (κ1) is 16.8. The molecule has 0 amide bonds. The smallest absolute Gasteiger partial charge is 0.165 e. The van der Waals surface area contributed by atoms with Crippen LogP contribution in [0.1, 0.15) is 22.6 Å². The first-order valence-electron chi connectivity index (χ1n) is 7.19. The molecule has 0 aliphatic heterocycles. The molecule has 0 bridgehead atoms. The Hall–Kier alpha value is -1.58. The van der Waals surface area contributed by atoms with Gasteiger partial charge in [-0.2, -0.15) is 0 Å². The summed E-state index contributed by atoms with van der Waals surface area (Å²) in [5.41, 5.74) is 3.50. The zero-order chi connectivity index (χ0) is 15.0. The lowest BCUT2D eigenvalue weighted by atomic mass is 9.89. The summed E-state index contributed by atoms with van der Waals surface area (Å²) < 4.78 is 19.2. The fourth-order valence-corrected chi connectivity index (χ4v) is 3.33. The number of fused-ring (bicyclic) bond motifs is 1. The fraction of sp³-hybridized carbons (Fsp3) is 0.333. The molecule has 0 aromatic heterocycles. The number of hydrogen-bond acceptors (Lipinski definition) is 2. The third-order valence-corrected chi connectivity index (χ3v) is 4.38. The van der Waals surface area contributed by atoms with Crippen LogP contribution in [0, 0.1) is 5.82 Å². The molecule has 2 aromatic carbocycles. The van der Waals surface area contributed by atoms with Crippen molar-refractivity contribution in [3.05, 3.63) is 65.0 Å². The SMILES string of the molecule is COc1cc2c(cc1F)[C@@H](c1ccccc1)[C@H](N(C)C)C2.Cl. The van der Waals surface area contributed by atoms with Crippen molar-refractivity contribution in [2.24, 2.45) is 0 Å². The van der Waals surface area contributed by atoms with Crippen molar-refractivity contribution >= 4 is 12.4 Å². The standard InChI is InChI=1S/C18H20FNO.ClH/c1-20(2)16-9-13-10-17(21-3)15(19)11-14(13)18(16)12-7-5-4-6-8-12;/h4-8,10-11,16,18H,9H2,1-3H3;1H/t16-,18-;/m1./s1. The second kappa shape index (κ2) is 6.67. The lowest BCUT2D eigenvalue weighted by Crippen LogP contribution is -2.32. The number of halogens is 2. The molecule has 4 heteroatoms. The Bertz CT molecular complexity index is 645. The van der Waals surface area contributed by atoms with Crippen LogP contribution in [-0.2, 0) is 6.42 Å². The van der Waals surface area contributed by atoms with Gasteiger partial charge in [0, 0.05) is 12.0 Å². The van der Waals surface area contributed by atoms with Crippen LogP contribution in [0.25, 0.3) is 0 Å². The number of nitrogens with zero attached hydrogens (tertiary/aromatic N) is 1. The minimum Gasteiger partial charge on any atom is -0.494 e. The van der Waals surface area contributed by atoms with Gasteiger partial charge in [0.15, 0.2) is 11.6 Å². The summed E-state index contributed by atoms with van der Waals surface area (Å²) in [5, 5.41) is 0. The normalized spacial score (nSPS) is 19.7. The minimum absolute atomic E-state index is 0. The number of benzene rings is 2. The molecule has 0 spiro atoms. The van der Waals surface area contributed by atoms with E-state index in [-0.39, 0.29) is 24.1 Å². The van der Waals surface area contributed by atoms with Crippen LogP contribution in [0.5, 0.6) is 5.75 Å². The van der Waals surface area contributed by atoms with Crippen molar-refractivity contribution in [2.45, 2.75) is 18.4 Å². The third kappa shape index (κ3) is 2.83. The van der Waals surface area contributed by atoms with Gasteiger partial charge in [0.25, 0.3) is 0 Å². The summed E-state index contributed by atoms with van der Waals surface area (Å²) in [6, 6.07) is 14.2. The van der Waals surface area contributed by atoms with Crippen LogP contribution in [0.3, 0.4) is 0 Å². The van der Waals surface area contributed by atoms with E-state index in [1.807, 2.05) is 24.3 Å². The van der Waals surface area contributed by atoms with Gasteiger partial charge >= 0.3 is 0 Å². The van der Waals surface area contributed by atoms with Gasteiger partial charge in [0.2, 0.25) is 0 Å². The molecular weight excluding hydrogens is 301 g/mol. The van der Waals surface area contributed by atoms with Crippen molar-refractivity contribution in [1.82, 2.24) is 4.90 Å². The molecule has 22 heavy (non-hydrogen) atoms. The Morgan fingerprint density at radius 1 is 1.14 bits per heavy atom. The van der Waals surface area contributed by atoms with E-state index < -0.39 is 0 Å². The van der Waals surface area contributed by atoms with Crippen LogP contribution in [0.2, 0.25) is 0 Å². The van der Waals surface area contributed by atoms with Crippen molar-refractivity contribution < 1.29 is 9.13 Å². The number of ether oxygens (including phenoxy) is 1. The highest BCUT2D eigenvalue weighted by atomic mass is 35.5. The number of methoxy groups -OCH3 is 1. The first-order valence-corrected chi connectivity index (χ1v) is 7.19. The molecule has 0 saturated carbocycles. The Balaban J connectivity index is 0.00000176. The molecule has 0 fully saturated rings. The molecule has 0 radical (unpaired) electrons. The molecule has 1 aliphatic rings. The molecular formula is C18H21ClFNO. The zero-order valence-corrected chi connectivity index (χ0v) is 13.9. The monoisotopic (exact) mass is 321 g/mol. The summed E-state index contributed by atoms with van der Waals surface area (Å²) in [6.45, 7) is 0. The minimum atomic E-state index is -0.281.